The SMILES string of the molecule is Nc1nc(Nc2ccccc2SSc2ccccc2Nc2nc(N)nc(-c3ccccc3[N+](=O)[O-])n2)nc(-c2ccccc2[N+](=O)[O-])n1. The summed E-state index contributed by atoms with van der Waals surface area (Å²) in [6.07, 6.45) is 0. The van der Waals surface area contributed by atoms with E-state index in [4.69, 9.17) is 11.5 Å². The first-order valence-corrected chi connectivity index (χ1v) is 16.0. The summed E-state index contributed by atoms with van der Waals surface area (Å²) in [7, 11) is 2.87. The molecule has 2 aromatic heterocycles. The summed E-state index contributed by atoms with van der Waals surface area (Å²) in [5.41, 5.74) is 13.3. The van der Waals surface area contributed by atoms with Crippen molar-refractivity contribution in [3.05, 3.63) is 117 Å². The number of hydrogen-bond donors (Lipinski definition) is 4. The highest BCUT2D eigenvalue weighted by Crippen LogP contribution is 2.44. The van der Waals surface area contributed by atoms with Crippen LogP contribution >= 0.6 is 21.6 Å². The van der Waals surface area contributed by atoms with Gasteiger partial charge in [0.2, 0.25) is 23.8 Å². The minimum Gasteiger partial charge on any atom is -0.368 e. The monoisotopic (exact) mass is 678 g/mol. The highest BCUT2D eigenvalue weighted by atomic mass is 33.1. The number of anilines is 6. The molecule has 6 rings (SSSR count). The summed E-state index contributed by atoms with van der Waals surface area (Å²) in [5.74, 6) is 0.116. The van der Waals surface area contributed by atoms with Gasteiger partial charge >= 0.3 is 0 Å². The summed E-state index contributed by atoms with van der Waals surface area (Å²) in [6.45, 7) is 0. The first-order valence-electron chi connectivity index (χ1n) is 13.8. The summed E-state index contributed by atoms with van der Waals surface area (Å²) >= 11 is 0. The molecule has 238 valence electrons. The van der Waals surface area contributed by atoms with Gasteiger partial charge in [0.05, 0.1) is 32.3 Å². The van der Waals surface area contributed by atoms with Crippen molar-refractivity contribution in [1.29, 1.82) is 0 Å². The number of nitrogen functional groups attached to an aromatic ring is 2. The molecule has 2 heterocycles. The van der Waals surface area contributed by atoms with E-state index < -0.39 is 9.85 Å². The zero-order valence-corrected chi connectivity index (χ0v) is 26.1. The molecule has 0 aliphatic rings. The number of nitro groups is 2. The van der Waals surface area contributed by atoms with Gasteiger partial charge in [-0.3, -0.25) is 20.2 Å². The van der Waals surface area contributed by atoms with Crippen LogP contribution < -0.4 is 22.1 Å². The molecule has 6 aromatic rings. The van der Waals surface area contributed by atoms with Gasteiger partial charge in [0.15, 0.2) is 11.6 Å². The second-order valence-corrected chi connectivity index (χ2v) is 11.9. The van der Waals surface area contributed by atoms with Crippen molar-refractivity contribution in [2.24, 2.45) is 0 Å². The third-order valence-electron chi connectivity index (χ3n) is 6.48. The van der Waals surface area contributed by atoms with Gasteiger partial charge in [-0.1, -0.05) is 70.1 Å². The average molecular weight is 679 g/mol. The number of benzene rings is 4. The Balaban J connectivity index is 1.23. The van der Waals surface area contributed by atoms with Crippen molar-refractivity contribution >= 4 is 68.1 Å². The lowest BCUT2D eigenvalue weighted by atomic mass is 10.1. The van der Waals surface area contributed by atoms with Gasteiger partial charge in [-0.15, -0.1) is 0 Å². The van der Waals surface area contributed by atoms with Crippen molar-refractivity contribution in [2.45, 2.75) is 9.79 Å². The van der Waals surface area contributed by atoms with Gasteiger partial charge in [-0.2, -0.15) is 29.9 Å². The maximum absolute atomic E-state index is 11.6. The van der Waals surface area contributed by atoms with E-state index in [2.05, 4.69) is 40.5 Å². The molecule has 0 atom stereocenters. The van der Waals surface area contributed by atoms with Crippen LogP contribution in [0.25, 0.3) is 22.8 Å². The smallest absolute Gasteiger partial charge is 0.280 e. The molecule has 18 heteroatoms. The van der Waals surface area contributed by atoms with E-state index in [-0.39, 0.29) is 57.9 Å². The van der Waals surface area contributed by atoms with Crippen molar-refractivity contribution in [3.63, 3.8) is 0 Å². The number of nitrogens with zero attached hydrogens (tertiary/aromatic N) is 8. The molecule has 4 aromatic carbocycles. The maximum atomic E-state index is 11.6. The molecule has 0 bridgehead atoms. The second-order valence-electron chi connectivity index (χ2n) is 9.64. The Kier molecular flexibility index (Phi) is 9.17. The van der Waals surface area contributed by atoms with Crippen LogP contribution in [0.15, 0.2) is 107 Å². The van der Waals surface area contributed by atoms with Crippen LogP contribution in [-0.4, -0.2) is 39.8 Å². The van der Waals surface area contributed by atoms with E-state index in [1.165, 1.54) is 33.7 Å². The Morgan fingerprint density at radius 2 is 0.896 bits per heavy atom. The normalized spacial score (nSPS) is 10.8. The fourth-order valence-corrected chi connectivity index (χ4v) is 6.67. The molecular formula is C30H22N12O4S2. The number of nitrogens with one attached hydrogen (secondary N) is 2. The predicted octanol–water partition coefficient (Wildman–Crippen LogP) is 6.66. The van der Waals surface area contributed by atoms with Gasteiger partial charge in [0.25, 0.3) is 11.4 Å². The van der Waals surface area contributed by atoms with Gasteiger partial charge in [0.1, 0.15) is 0 Å². The fourth-order valence-electron chi connectivity index (χ4n) is 4.40. The molecule has 0 unspecified atom stereocenters. The highest BCUT2D eigenvalue weighted by Gasteiger charge is 2.20. The Morgan fingerprint density at radius 1 is 0.521 bits per heavy atom. The standard InChI is InChI=1S/C30H22N12O4S2/c31-27-35-25(17-9-1-5-13-21(17)41(43)44)37-29(39-27)33-19-11-3-7-15-23(19)47-48-24-16-8-4-12-20(24)34-30-38-26(36-28(32)40-30)18-10-2-6-14-22(18)42(45)46/h1-16H,(H3,31,33,35,37,39)(H3,32,34,36,38,40). The quantitative estimate of drug-likeness (QED) is 0.0636. The highest BCUT2D eigenvalue weighted by molar-refractivity contribution is 8.76. The van der Waals surface area contributed by atoms with Crippen LogP contribution in [0.5, 0.6) is 0 Å². The van der Waals surface area contributed by atoms with Crippen LogP contribution in [0, 0.1) is 20.2 Å². The molecule has 0 aliphatic heterocycles. The molecule has 0 aliphatic carbocycles. The van der Waals surface area contributed by atoms with E-state index in [0.717, 1.165) is 9.79 Å². The van der Waals surface area contributed by atoms with Crippen LogP contribution in [0.3, 0.4) is 0 Å². The molecular weight excluding hydrogens is 657 g/mol. The Hall–Kier alpha value is -6.40. The number of hydrogen-bond acceptors (Lipinski definition) is 16. The van der Waals surface area contributed by atoms with Gasteiger partial charge < -0.3 is 22.1 Å². The number of para-hydroxylation sites is 4. The van der Waals surface area contributed by atoms with Crippen molar-refractivity contribution in [1.82, 2.24) is 29.9 Å². The van der Waals surface area contributed by atoms with E-state index in [1.54, 1.807) is 36.4 Å². The van der Waals surface area contributed by atoms with Crippen LogP contribution in [-0.2, 0) is 0 Å². The Bertz CT molecular complexity index is 2020. The van der Waals surface area contributed by atoms with Crippen LogP contribution in [0.2, 0.25) is 0 Å². The first kappa shape index (κ1) is 31.6. The zero-order chi connectivity index (χ0) is 33.6. The number of rotatable bonds is 11. The Labute approximate surface area is 279 Å². The maximum Gasteiger partial charge on any atom is 0.280 e. The molecule has 16 nitrogen and oxygen atoms in total. The fraction of sp³-hybridized carbons (Fsp3) is 0. The predicted molar refractivity (Wildman–Crippen MR) is 184 cm³/mol. The molecule has 0 fully saturated rings. The third kappa shape index (κ3) is 7.19. The molecule has 0 radical (unpaired) electrons. The van der Waals surface area contributed by atoms with Gasteiger partial charge in [-0.05, 0) is 36.4 Å². The lowest BCUT2D eigenvalue weighted by molar-refractivity contribution is -0.384. The average Bonchev–Trinajstić information content (AvgIpc) is 3.08. The first-order chi connectivity index (χ1) is 23.2. The van der Waals surface area contributed by atoms with Gasteiger partial charge in [-0.25, -0.2) is 0 Å². The van der Waals surface area contributed by atoms with Crippen molar-refractivity contribution in [3.8, 4) is 22.8 Å². The minimum absolute atomic E-state index is 0.0563. The number of aromatic nitrogens is 6. The van der Waals surface area contributed by atoms with E-state index in [1.807, 2.05) is 48.5 Å². The number of nitro benzene ring substituents is 2. The minimum atomic E-state index is -0.512. The summed E-state index contributed by atoms with van der Waals surface area (Å²) in [6, 6.07) is 27.1. The van der Waals surface area contributed by atoms with E-state index >= 15 is 0 Å². The summed E-state index contributed by atoms with van der Waals surface area (Å²) in [4.78, 5) is 49.2. The van der Waals surface area contributed by atoms with Gasteiger partial charge in [0, 0.05) is 21.9 Å². The molecule has 48 heavy (non-hydrogen) atoms. The van der Waals surface area contributed by atoms with E-state index in [0.29, 0.717) is 11.4 Å². The molecule has 6 N–H and O–H groups in total. The molecule has 0 amide bonds. The molecule has 0 saturated heterocycles. The largest absolute Gasteiger partial charge is 0.368 e. The lowest BCUT2D eigenvalue weighted by Crippen LogP contribution is -2.06. The second kappa shape index (κ2) is 13.9. The van der Waals surface area contributed by atoms with Crippen LogP contribution in [0.1, 0.15) is 0 Å². The summed E-state index contributed by atoms with van der Waals surface area (Å²) in [5, 5.41) is 29.5. The lowest BCUT2D eigenvalue weighted by Gasteiger charge is -2.13. The Morgan fingerprint density at radius 3 is 1.31 bits per heavy atom. The number of nitrogens with two attached hydrogens (primary N) is 2. The molecule has 0 saturated carbocycles. The van der Waals surface area contributed by atoms with Crippen molar-refractivity contribution in [2.75, 3.05) is 22.1 Å². The topological polar surface area (TPSA) is 240 Å². The zero-order valence-electron chi connectivity index (χ0n) is 24.4. The molecule has 0 spiro atoms. The third-order valence-corrected chi connectivity index (χ3v) is 8.96. The van der Waals surface area contributed by atoms with Crippen LogP contribution in [0.4, 0.5) is 46.5 Å². The summed E-state index contributed by atoms with van der Waals surface area (Å²) < 4.78 is 0. The van der Waals surface area contributed by atoms with E-state index in [9.17, 15) is 20.2 Å². The van der Waals surface area contributed by atoms with Crippen molar-refractivity contribution < 1.29 is 9.85 Å².